The van der Waals surface area contributed by atoms with Crippen LogP contribution in [0.15, 0.2) is 66.9 Å². The minimum atomic E-state index is -0.280. The first-order valence-electron chi connectivity index (χ1n) is 13.6. The third-order valence-corrected chi connectivity index (χ3v) is 7.53. The van der Waals surface area contributed by atoms with Crippen LogP contribution in [0.4, 0.5) is 5.82 Å². The minimum Gasteiger partial charge on any atom is -0.395 e. The average Bonchev–Trinajstić information content (AvgIpc) is 3.28. The van der Waals surface area contributed by atoms with Crippen molar-refractivity contribution < 1.29 is 19.8 Å². The summed E-state index contributed by atoms with van der Waals surface area (Å²) >= 11 is 0. The SMILES string of the molecule is Cc1ccc2c(c1)c(C(=O)N1CCN(c3ccc(C(=O)N(CCO)CCO)cn3)CC1)c(-c1ccccc1)n2C.Cl. The Hall–Kier alpha value is -3.92. The molecule has 2 aromatic heterocycles. The largest absolute Gasteiger partial charge is 0.395 e. The van der Waals surface area contributed by atoms with E-state index < -0.39 is 0 Å². The number of aliphatic hydroxyl groups is 2. The van der Waals surface area contributed by atoms with E-state index in [9.17, 15) is 19.8 Å². The van der Waals surface area contributed by atoms with E-state index >= 15 is 0 Å². The van der Waals surface area contributed by atoms with Crippen LogP contribution in [0.5, 0.6) is 0 Å². The molecule has 0 saturated carbocycles. The van der Waals surface area contributed by atoms with Crippen LogP contribution in [0, 0.1) is 6.92 Å². The fourth-order valence-electron chi connectivity index (χ4n) is 5.44. The number of aliphatic hydroxyl groups excluding tert-OH is 2. The summed E-state index contributed by atoms with van der Waals surface area (Å²) in [5.74, 6) is 0.485. The first-order valence-corrected chi connectivity index (χ1v) is 13.6. The number of pyridine rings is 1. The Balaban J connectivity index is 0.00000387. The predicted molar refractivity (Wildman–Crippen MR) is 163 cm³/mol. The number of benzene rings is 2. The van der Waals surface area contributed by atoms with Crippen molar-refractivity contribution >= 4 is 40.9 Å². The number of anilines is 1. The van der Waals surface area contributed by atoms with Crippen LogP contribution in [0.25, 0.3) is 22.2 Å². The molecule has 4 aromatic rings. The van der Waals surface area contributed by atoms with Gasteiger partial charge in [-0.25, -0.2) is 4.98 Å². The molecule has 9 nitrogen and oxygen atoms in total. The summed E-state index contributed by atoms with van der Waals surface area (Å²) in [5, 5.41) is 19.4. The number of aromatic nitrogens is 2. The molecule has 216 valence electrons. The van der Waals surface area contributed by atoms with Crippen molar-refractivity contribution in [1.82, 2.24) is 19.4 Å². The number of rotatable bonds is 8. The Morgan fingerprint density at radius 1 is 0.927 bits per heavy atom. The summed E-state index contributed by atoms with van der Waals surface area (Å²) in [4.78, 5) is 36.7. The Morgan fingerprint density at radius 3 is 2.22 bits per heavy atom. The highest BCUT2D eigenvalue weighted by Gasteiger charge is 2.29. The lowest BCUT2D eigenvalue weighted by molar-refractivity contribution is 0.0683. The fraction of sp³-hybridized carbons (Fsp3) is 0.323. The number of nitrogens with zero attached hydrogens (tertiary/aromatic N) is 5. The number of carbonyl (C=O) groups is 2. The number of aryl methyl sites for hydroxylation is 2. The fourth-order valence-corrected chi connectivity index (χ4v) is 5.44. The maximum atomic E-state index is 14.1. The third kappa shape index (κ3) is 6.07. The molecule has 0 radical (unpaired) electrons. The molecule has 5 rings (SSSR count). The van der Waals surface area contributed by atoms with Gasteiger partial charge in [-0.1, -0.05) is 42.0 Å². The van der Waals surface area contributed by atoms with Gasteiger partial charge in [0.05, 0.1) is 30.0 Å². The first-order chi connectivity index (χ1) is 19.4. The minimum absolute atomic E-state index is 0. The van der Waals surface area contributed by atoms with Gasteiger partial charge >= 0.3 is 0 Å². The lowest BCUT2D eigenvalue weighted by atomic mass is 10.0. The van der Waals surface area contributed by atoms with Crippen molar-refractivity contribution in [2.24, 2.45) is 7.05 Å². The number of hydrogen-bond donors (Lipinski definition) is 2. The Kier molecular flexibility index (Phi) is 9.65. The van der Waals surface area contributed by atoms with E-state index in [0.717, 1.165) is 39.1 Å². The highest BCUT2D eigenvalue weighted by molar-refractivity contribution is 6.13. The molecule has 0 unspecified atom stereocenters. The molecule has 1 aliphatic rings. The van der Waals surface area contributed by atoms with E-state index in [0.29, 0.717) is 31.7 Å². The zero-order chi connectivity index (χ0) is 28.2. The molecule has 1 aliphatic heterocycles. The number of amides is 2. The lowest BCUT2D eigenvalue weighted by Crippen LogP contribution is -2.49. The maximum Gasteiger partial charge on any atom is 0.256 e. The molecule has 0 atom stereocenters. The van der Waals surface area contributed by atoms with Crippen LogP contribution in [-0.2, 0) is 7.05 Å². The van der Waals surface area contributed by atoms with Gasteiger partial charge < -0.3 is 29.5 Å². The highest BCUT2D eigenvalue weighted by atomic mass is 35.5. The smallest absolute Gasteiger partial charge is 0.256 e. The Labute approximate surface area is 246 Å². The zero-order valence-corrected chi connectivity index (χ0v) is 24.2. The molecule has 10 heteroatoms. The van der Waals surface area contributed by atoms with Gasteiger partial charge in [-0.2, -0.15) is 0 Å². The summed E-state index contributed by atoms with van der Waals surface area (Å²) in [5.41, 5.74) is 5.21. The van der Waals surface area contributed by atoms with Gasteiger partial charge in [-0.15, -0.1) is 12.4 Å². The molecule has 0 aliphatic carbocycles. The van der Waals surface area contributed by atoms with Gasteiger partial charge in [0.25, 0.3) is 11.8 Å². The van der Waals surface area contributed by atoms with E-state index in [1.165, 1.54) is 11.1 Å². The van der Waals surface area contributed by atoms with Crippen molar-refractivity contribution in [3.05, 3.63) is 83.6 Å². The van der Waals surface area contributed by atoms with Crippen molar-refractivity contribution in [1.29, 1.82) is 0 Å². The monoisotopic (exact) mass is 577 g/mol. The lowest BCUT2D eigenvalue weighted by Gasteiger charge is -2.35. The van der Waals surface area contributed by atoms with Gasteiger partial charge in [-0.3, -0.25) is 9.59 Å². The Bertz CT molecular complexity index is 1490. The van der Waals surface area contributed by atoms with Gasteiger partial charge in [-0.05, 0) is 36.8 Å². The van der Waals surface area contributed by atoms with Crippen molar-refractivity contribution in [3.8, 4) is 11.3 Å². The van der Waals surface area contributed by atoms with Gasteiger partial charge in [0, 0.05) is 63.4 Å². The zero-order valence-electron chi connectivity index (χ0n) is 23.4. The molecular weight excluding hydrogens is 542 g/mol. The number of piperazine rings is 1. The second-order valence-corrected chi connectivity index (χ2v) is 10.1. The van der Waals surface area contributed by atoms with E-state index in [4.69, 9.17) is 0 Å². The number of halogens is 1. The maximum absolute atomic E-state index is 14.1. The molecule has 2 N–H and O–H groups in total. The molecule has 1 saturated heterocycles. The van der Waals surface area contributed by atoms with Crippen LogP contribution in [0.1, 0.15) is 26.3 Å². The number of fused-ring (bicyclic) bond motifs is 1. The van der Waals surface area contributed by atoms with Crippen LogP contribution in [0.2, 0.25) is 0 Å². The topological polar surface area (TPSA) is 102 Å². The van der Waals surface area contributed by atoms with Gasteiger partial charge in [0.2, 0.25) is 0 Å². The molecule has 1 fully saturated rings. The summed E-state index contributed by atoms with van der Waals surface area (Å²) in [6, 6.07) is 19.8. The van der Waals surface area contributed by atoms with E-state index in [1.807, 2.05) is 55.3 Å². The van der Waals surface area contributed by atoms with Crippen molar-refractivity contribution in [2.75, 3.05) is 57.4 Å². The standard InChI is InChI=1S/C31H35N5O4.ClH/c1-22-8-10-26-25(20-22)28(29(33(26)2)23-6-4-3-5-7-23)31(40)35-14-12-34(13-15-35)27-11-9-24(21-32-27)30(39)36(16-18-37)17-19-38;/h3-11,20-21,37-38H,12-19H2,1-2H3;1H. The molecule has 3 heterocycles. The molecule has 41 heavy (non-hydrogen) atoms. The highest BCUT2D eigenvalue weighted by Crippen LogP contribution is 2.35. The van der Waals surface area contributed by atoms with E-state index in [2.05, 4.69) is 32.7 Å². The van der Waals surface area contributed by atoms with Crippen LogP contribution in [0.3, 0.4) is 0 Å². The van der Waals surface area contributed by atoms with E-state index in [1.54, 1.807) is 6.07 Å². The van der Waals surface area contributed by atoms with Crippen LogP contribution in [-0.4, -0.2) is 93.9 Å². The second-order valence-electron chi connectivity index (χ2n) is 10.1. The van der Waals surface area contributed by atoms with Gasteiger partial charge in [0.15, 0.2) is 0 Å². The molecule has 0 spiro atoms. The summed E-state index contributed by atoms with van der Waals surface area (Å²) < 4.78 is 2.11. The summed E-state index contributed by atoms with van der Waals surface area (Å²) in [7, 11) is 2.02. The van der Waals surface area contributed by atoms with Gasteiger partial charge in [0.1, 0.15) is 5.82 Å². The molecule has 2 amide bonds. The summed E-state index contributed by atoms with van der Waals surface area (Å²) in [6.07, 6.45) is 1.53. The Morgan fingerprint density at radius 2 is 1.61 bits per heavy atom. The number of hydrogen-bond acceptors (Lipinski definition) is 6. The van der Waals surface area contributed by atoms with Crippen molar-refractivity contribution in [2.45, 2.75) is 6.92 Å². The van der Waals surface area contributed by atoms with Crippen LogP contribution < -0.4 is 4.90 Å². The quantitative estimate of drug-likeness (QED) is 0.333. The van der Waals surface area contributed by atoms with E-state index in [-0.39, 0.29) is 50.5 Å². The van der Waals surface area contributed by atoms with Crippen molar-refractivity contribution in [3.63, 3.8) is 0 Å². The molecular formula is C31H36ClN5O4. The molecule has 0 bridgehead atoms. The summed E-state index contributed by atoms with van der Waals surface area (Å²) in [6.45, 7) is 4.35. The normalized spacial score (nSPS) is 13.3. The third-order valence-electron chi connectivity index (χ3n) is 7.53. The van der Waals surface area contributed by atoms with Crippen LogP contribution >= 0.6 is 12.4 Å². The average molecular weight is 578 g/mol. The molecule has 2 aromatic carbocycles. The number of carbonyl (C=O) groups excluding carboxylic acids is 2. The second kappa shape index (κ2) is 13.2. The first kappa shape index (κ1) is 30.0. The predicted octanol–water partition coefficient (Wildman–Crippen LogP) is 3.36.